The van der Waals surface area contributed by atoms with Crippen LogP contribution in [0.3, 0.4) is 0 Å². The van der Waals surface area contributed by atoms with Crippen molar-refractivity contribution in [2.75, 3.05) is 5.75 Å². The summed E-state index contributed by atoms with van der Waals surface area (Å²) in [4.78, 5) is 0. The van der Waals surface area contributed by atoms with Crippen LogP contribution in [0.25, 0.3) is 0 Å². The molecule has 0 amide bonds. The minimum Gasteiger partial charge on any atom is -0.0819 e. The molecule has 0 saturated heterocycles. The first-order chi connectivity index (χ1) is 3.50. The summed E-state index contributed by atoms with van der Waals surface area (Å²) in [5.74, 6) is 1.27. The van der Waals surface area contributed by atoms with Crippen molar-refractivity contribution in [3.05, 3.63) is 11.5 Å². The second kappa shape index (κ2) is 3.75. The van der Waals surface area contributed by atoms with Crippen LogP contribution in [0.4, 0.5) is 0 Å². The summed E-state index contributed by atoms with van der Waals surface area (Å²) in [5, 5.41) is 2.16. The lowest BCUT2D eigenvalue weighted by atomic mass is 10.5. The third-order valence-electron chi connectivity index (χ3n) is 0.607. The van der Waals surface area contributed by atoms with E-state index in [1.807, 2.05) is 31.4 Å². The van der Waals surface area contributed by atoms with Crippen molar-refractivity contribution < 1.29 is 0 Å². The highest BCUT2D eigenvalue weighted by molar-refractivity contribution is 9.10. The monoisotopic (exact) mass is 150 g/mol. The summed E-state index contributed by atoms with van der Waals surface area (Å²) < 4.78 is 0. The van der Waals surface area contributed by atoms with Gasteiger partial charge in [-0.1, -0.05) is 27.7 Å². The third kappa shape index (κ3) is 2.57. The zero-order valence-corrected chi connectivity index (χ0v) is 6.24. The molecule has 0 saturated carbocycles. The Hall–Kier alpha value is 0.790. The Bertz CT molecular complexity index is 61.3. The molecule has 40 valence electrons. The average molecular weight is 150 g/mol. The summed E-state index contributed by atoms with van der Waals surface area (Å²) in [6.45, 7) is 0. The van der Waals surface area contributed by atoms with Gasteiger partial charge >= 0.3 is 0 Å². The lowest BCUT2D eigenvalue weighted by molar-refractivity contribution is 1.26. The van der Waals surface area contributed by atoms with E-state index >= 15 is 0 Å². The Kier molecular flexibility index (Phi) is 3.17. The van der Waals surface area contributed by atoms with Crippen LogP contribution >= 0.6 is 31.4 Å². The van der Waals surface area contributed by atoms with E-state index in [-0.39, 0.29) is 0 Å². The predicted molar refractivity (Wildman–Crippen MR) is 41.4 cm³/mol. The van der Waals surface area contributed by atoms with Crippen molar-refractivity contribution in [2.45, 2.75) is 6.42 Å². The normalized spacial score (nSPS) is 21.7. The van der Waals surface area contributed by atoms with Crippen LogP contribution in [-0.2, 0) is 0 Å². The minimum absolute atomic E-state index is 1.24. The molecule has 0 aromatic carbocycles. The molecule has 0 atom stereocenters. The molecule has 0 aromatic rings. The summed E-state index contributed by atoms with van der Waals surface area (Å²) >= 11 is 0. The molecule has 0 fully saturated rings. The van der Waals surface area contributed by atoms with Gasteiger partial charge in [0.2, 0.25) is 0 Å². The van der Waals surface area contributed by atoms with Gasteiger partial charge in [0.25, 0.3) is 0 Å². The maximum Gasteiger partial charge on any atom is 0.00801 e. The zero-order chi connectivity index (χ0) is 4.95. The molecule has 0 bridgehead atoms. The first kappa shape index (κ1) is 5.92. The van der Waals surface area contributed by atoms with E-state index in [1.165, 1.54) is 12.2 Å². The fraction of sp³-hybridized carbons (Fsp3) is 0.500. The van der Waals surface area contributed by atoms with Gasteiger partial charge in [-0.2, -0.15) is 0 Å². The summed E-state index contributed by atoms with van der Waals surface area (Å²) in [7, 11) is 5.61. The third-order valence-corrected chi connectivity index (χ3v) is 4.42. The Morgan fingerprint density at radius 3 is 3.43 bits per heavy atom. The molecule has 0 spiro atoms. The second-order valence-corrected chi connectivity index (χ2v) is 5.31. The highest BCUT2D eigenvalue weighted by Gasteiger charge is 1.90. The van der Waals surface area contributed by atoms with Gasteiger partial charge in [-0.15, -0.1) is 0 Å². The average Bonchev–Trinajstić information content (AvgIpc) is 1.90. The van der Waals surface area contributed by atoms with Crippen molar-refractivity contribution in [1.82, 2.24) is 0 Å². The van der Waals surface area contributed by atoms with Gasteiger partial charge in [-0.25, -0.2) is 0 Å². The van der Waals surface area contributed by atoms with Crippen LogP contribution < -0.4 is 0 Å². The second-order valence-electron chi connectivity index (χ2n) is 1.15. The van der Waals surface area contributed by atoms with Crippen LogP contribution in [0.5, 0.6) is 0 Å². The number of hydrogen-bond acceptors (Lipinski definition) is 3. The van der Waals surface area contributed by atoms with Crippen molar-refractivity contribution in [3.8, 4) is 0 Å². The van der Waals surface area contributed by atoms with E-state index < -0.39 is 0 Å². The van der Waals surface area contributed by atoms with Crippen LogP contribution in [0.2, 0.25) is 0 Å². The maximum atomic E-state index is 2.22. The quantitative estimate of drug-likeness (QED) is 0.487. The SMILES string of the molecule is C1=CSSSCC1. The fourth-order valence-corrected chi connectivity index (χ4v) is 3.48. The van der Waals surface area contributed by atoms with Gasteiger partial charge in [0.15, 0.2) is 0 Å². The minimum atomic E-state index is 1.24. The van der Waals surface area contributed by atoms with Gasteiger partial charge in [-0.05, 0) is 21.7 Å². The summed E-state index contributed by atoms with van der Waals surface area (Å²) in [5.41, 5.74) is 0. The van der Waals surface area contributed by atoms with E-state index in [9.17, 15) is 0 Å². The molecule has 3 heteroatoms. The molecule has 0 nitrogen and oxygen atoms in total. The highest BCUT2D eigenvalue weighted by Crippen LogP contribution is 2.37. The smallest absolute Gasteiger partial charge is 0.00801 e. The molecular formula is C4H6S3. The van der Waals surface area contributed by atoms with Gasteiger partial charge in [0, 0.05) is 5.75 Å². The van der Waals surface area contributed by atoms with Crippen molar-refractivity contribution in [2.24, 2.45) is 0 Å². The highest BCUT2D eigenvalue weighted by atomic mass is 33.5. The Balaban J connectivity index is 2.20. The van der Waals surface area contributed by atoms with Gasteiger partial charge in [0.1, 0.15) is 0 Å². The van der Waals surface area contributed by atoms with E-state index in [2.05, 4.69) is 11.5 Å². The summed E-state index contributed by atoms with van der Waals surface area (Å²) in [6, 6.07) is 0. The van der Waals surface area contributed by atoms with Crippen molar-refractivity contribution >= 4 is 31.4 Å². The van der Waals surface area contributed by atoms with Crippen LogP contribution in [0.15, 0.2) is 11.5 Å². The topological polar surface area (TPSA) is 0 Å². The number of rotatable bonds is 0. The van der Waals surface area contributed by atoms with E-state index in [4.69, 9.17) is 0 Å². The number of hydrogen-bond donors (Lipinski definition) is 0. The maximum absolute atomic E-state index is 2.22. The molecule has 0 N–H and O–H groups in total. The molecule has 7 heavy (non-hydrogen) atoms. The largest absolute Gasteiger partial charge is 0.0819 e. The molecule has 1 heterocycles. The summed E-state index contributed by atoms with van der Waals surface area (Å²) in [6.07, 6.45) is 3.46. The first-order valence-electron chi connectivity index (χ1n) is 2.10. The molecule has 1 aliphatic heterocycles. The Labute approximate surface area is 55.3 Å². The van der Waals surface area contributed by atoms with Gasteiger partial charge < -0.3 is 0 Å². The lowest BCUT2D eigenvalue weighted by Crippen LogP contribution is -1.64. The molecule has 1 rings (SSSR count). The lowest BCUT2D eigenvalue weighted by Gasteiger charge is -1.85. The first-order valence-corrected chi connectivity index (χ1v) is 5.81. The zero-order valence-electron chi connectivity index (χ0n) is 3.79. The predicted octanol–water partition coefficient (Wildman–Crippen LogP) is 2.93. The van der Waals surface area contributed by atoms with Crippen molar-refractivity contribution in [3.63, 3.8) is 0 Å². The Morgan fingerprint density at radius 2 is 2.43 bits per heavy atom. The van der Waals surface area contributed by atoms with Crippen LogP contribution in [-0.4, -0.2) is 5.75 Å². The molecule has 1 aliphatic rings. The Morgan fingerprint density at radius 1 is 1.43 bits per heavy atom. The van der Waals surface area contributed by atoms with Crippen LogP contribution in [0, 0.1) is 0 Å². The molecule has 0 radical (unpaired) electrons. The van der Waals surface area contributed by atoms with E-state index in [0.717, 1.165) is 0 Å². The standard InChI is InChI=1S/C4H6S3/c1-2-4-6-7-5-3-1/h1,3H,2,4H2. The van der Waals surface area contributed by atoms with Crippen molar-refractivity contribution in [1.29, 1.82) is 0 Å². The van der Waals surface area contributed by atoms with Gasteiger partial charge in [0.05, 0.1) is 0 Å². The molecule has 0 aromatic heterocycles. The number of allylic oxidation sites excluding steroid dienone is 1. The molecule has 0 unspecified atom stereocenters. The molecular weight excluding hydrogens is 144 g/mol. The van der Waals surface area contributed by atoms with E-state index in [1.54, 1.807) is 0 Å². The van der Waals surface area contributed by atoms with Gasteiger partial charge in [-0.3, -0.25) is 0 Å². The molecule has 0 aliphatic carbocycles. The fourth-order valence-electron chi connectivity index (χ4n) is 0.308. The van der Waals surface area contributed by atoms with Crippen LogP contribution in [0.1, 0.15) is 6.42 Å². The van der Waals surface area contributed by atoms with E-state index in [0.29, 0.717) is 0 Å².